The van der Waals surface area contributed by atoms with Crippen LogP contribution in [0.3, 0.4) is 0 Å². The van der Waals surface area contributed by atoms with Gasteiger partial charge in [-0.3, -0.25) is 4.99 Å². The molecule has 3 rings (SSSR count). The minimum Gasteiger partial charge on any atom is -0.380 e. The lowest BCUT2D eigenvalue weighted by molar-refractivity contribution is -0.0972. The van der Waals surface area contributed by atoms with Crippen LogP contribution in [0.15, 0.2) is 23.2 Å². The third-order valence-electron chi connectivity index (χ3n) is 4.61. The Hall–Kier alpha value is -1.16. The largest absolute Gasteiger partial charge is 0.380 e. The average Bonchev–Trinajstić information content (AvgIpc) is 2.56. The van der Waals surface area contributed by atoms with Crippen LogP contribution in [0.1, 0.15) is 6.92 Å². The molecule has 0 aliphatic carbocycles. The fourth-order valence-electron chi connectivity index (χ4n) is 3.06. The van der Waals surface area contributed by atoms with Gasteiger partial charge in [-0.25, -0.2) is 8.78 Å². The molecule has 0 amide bonds. The van der Waals surface area contributed by atoms with Crippen molar-refractivity contribution in [1.29, 1.82) is 0 Å². The summed E-state index contributed by atoms with van der Waals surface area (Å²) in [5, 5.41) is 3.40. The summed E-state index contributed by atoms with van der Waals surface area (Å²) in [7, 11) is 1.76. The van der Waals surface area contributed by atoms with Crippen molar-refractivity contribution < 1.29 is 13.5 Å². The van der Waals surface area contributed by atoms with Gasteiger partial charge in [0.05, 0.1) is 18.9 Å². The molecular formula is C17H25F2IN4O. The number of anilines is 1. The number of nitrogens with one attached hydrogen (secondary N) is 1. The van der Waals surface area contributed by atoms with Crippen molar-refractivity contribution in [1.82, 2.24) is 10.2 Å². The topological polar surface area (TPSA) is 40.1 Å². The number of hydrogen-bond acceptors (Lipinski definition) is 3. The highest BCUT2D eigenvalue weighted by molar-refractivity contribution is 14.0. The number of benzene rings is 1. The Balaban J connectivity index is 0.00000225. The first-order valence-corrected chi connectivity index (χ1v) is 8.24. The minimum absolute atomic E-state index is 0. The second kappa shape index (κ2) is 8.48. The number of nitrogens with zero attached hydrogens (tertiary/aromatic N) is 3. The average molecular weight is 466 g/mol. The van der Waals surface area contributed by atoms with Crippen molar-refractivity contribution in [3.63, 3.8) is 0 Å². The fourth-order valence-corrected chi connectivity index (χ4v) is 3.06. The predicted molar refractivity (Wildman–Crippen MR) is 106 cm³/mol. The van der Waals surface area contributed by atoms with Gasteiger partial charge in [-0.1, -0.05) is 6.92 Å². The maximum Gasteiger partial charge on any atom is 0.193 e. The molecule has 2 saturated heterocycles. The highest BCUT2D eigenvalue weighted by Gasteiger charge is 2.34. The molecular weight excluding hydrogens is 441 g/mol. The van der Waals surface area contributed by atoms with Crippen LogP contribution in [0, 0.1) is 17.0 Å². The molecule has 2 fully saturated rings. The molecule has 5 nitrogen and oxygen atoms in total. The first-order valence-electron chi connectivity index (χ1n) is 8.24. The van der Waals surface area contributed by atoms with Gasteiger partial charge in [0.25, 0.3) is 0 Å². The van der Waals surface area contributed by atoms with E-state index in [4.69, 9.17) is 4.74 Å². The van der Waals surface area contributed by atoms with Gasteiger partial charge in [-0.05, 0) is 12.1 Å². The van der Waals surface area contributed by atoms with E-state index in [9.17, 15) is 8.78 Å². The Bertz CT molecular complexity index is 617. The maximum absolute atomic E-state index is 13.9. The standard InChI is InChI=1S/C17H24F2N4O.HI/c1-17(11-24-12-17)10-21-16(20-2)23-7-5-22(6-8-23)15-9-13(18)3-4-14(15)19;/h3-4,9H,5-8,10-12H2,1-2H3,(H,20,21);1H. The molecule has 1 aromatic rings. The molecule has 0 bridgehead atoms. The van der Waals surface area contributed by atoms with Crippen LogP contribution >= 0.6 is 24.0 Å². The Labute approximate surface area is 164 Å². The number of halogens is 3. The molecule has 0 unspecified atom stereocenters. The van der Waals surface area contributed by atoms with Gasteiger partial charge < -0.3 is 19.9 Å². The predicted octanol–water partition coefficient (Wildman–Crippen LogP) is 2.32. The van der Waals surface area contributed by atoms with Gasteiger partial charge in [-0.2, -0.15) is 0 Å². The lowest BCUT2D eigenvalue weighted by Crippen LogP contribution is -2.56. The molecule has 2 aliphatic rings. The van der Waals surface area contributed by atoms with E-state index in [2.05, 4.69) is 22.1 Å². The Morgan fingerprint density at radius 2 is 1.92 bits per heavy atom. The summed E-state index contributed by atoms with van der Waals surface area (Å²) in [6, 6.07) is 3.58. The molecule has 25 heavy (non-hydrogen) atoms. The Morgan fingerprint density at radius 3 is 2.48 bits per heavy atom. The molecule has 0 aromatic heterocycles. The van der Waals surface area contributed by atoms with Crippen molar-refractivity contribution in [2.24, 2.45) is 10.4 Å². The lowest BCUT2D eigenvalue weighted by atomic mass is 9.89. The van der Waals surface area contributed by atoms with Crippen LogP contribution in [0.2, 0.25) is 0 Å². The van der Waals surface area contributed by atoms with E-state index in [1.165, 1.54) is 12.1 Å². The molecule has 2 heterocycles. The fraction of sp³-hybridized carbons (Fsp3) is 0.588. The summed E-state index contributed by atoms with van der Waals surface area (Å²) in [4.78, 5) is 8.37. The monoisotopic (exact) mass is 466 g/mol. The summed E-state index contributed by atoms with van der Waals surface area (Å²) in [5.74, 6) is 0.0509. The molecule has 140 valence electrons. The third kappa shape index (κ3) is 4.72. The van der Waals surface area contributed by atoms with Gasteiger partial charge in [0.2, 0.25) is 0 Å². The first-order chi connectivity index (χ1) is 11.5. The lowest BCUT2D eigenvalue weighted by Gasteiger charge is -2.41. The molecule has 1 aromatic carbocycles. The van der Waals surface area contributed by atoms with E-state index in [0.717, 1.165) is 31.8 Å². The highest BCUT2D eigenvalue weighted by atomic mass is 127. The van der Waals surface area contributed by atoms with Crippen LogP contribution in [0.4, 0.5) is 14.5 Å². The molecule has 0 radical (unpaired) electrons. The summed E-state index contributed by atoms with van der Waals surface area (Å²) < 4.78 is 32.5. The zero-order chi connectivity index (χ0) is 17.2. The summed E-state index contributed by atoms with van der Waals surface area (Å²) in [6.07, 6.45) is 0. The van der Waals surface area contributed by atoms with Crippen LogP contribution < -0.4 is 10.2 Å². The zero-order valence-corrected chi connectivity index (χ0v) is 16.9. The van der Waals surface area contributed by atoms with Crippen molar-refractivity contribution in [3.8, 4) is 0 Å². The van der Waals surface area contributed by atoms with Gasteiger partial charge in [-0.15, -0.1) is 24.0 Å². The second-order valence-electron chi connectivity index (χ2n) is 6.77. The summed E-state index contributed by atoms with van der Waals surface area (Å²) in [5.41, 5.74) is 0.499. The van der Waals surface area contributed by atoms with E-state index in [1.54, 1.807) is 7.05 Å². The molecule has 1 N–H and O–H groups in total. The number of rotatable bonds is 3. The van der Waals surface area contributed by atoms with Gasteiger partial charge in [0, 0.05) is 51.3 Å². The van der Waals surface area contributed by atoms with Crippen LogP contribution in [-0.2, 0) is 4.74 Å². The molecule has 0 atom stereocenters. The van der Waals surface area contributed by atoms with E-state index >= 15 is 0 Å². The summed E-state index contributed by atoms with van der Waals surface area (Å²) in [6.45, 7) is 7.21. The van der Waals surface area contributed by atoms with E-state index < -0.39 is 5.82 Å². The number of guanidine groups is 1. The van der Waals surface area contributed by atoms with Crippen LogP contribution in [-0.4, -0.2) is 63.8 Å². The Morgan fingerprint density at radius 1 is 1.24 bits per heavy atom. The van der Waals surface area contributed by atoms with Gasteiger partial charge in [0.15, 0.2) is 5.96 Å². The van der Waals surface area contributed by atoms with Crippen LogP contribution in [0.5, 0.6) is 0 Å². The minimum atomic E-state index is -0.415. The Kier molecular flexibility index (Phi) is 6.84. The molecule has 0 saturated carbocycles. The molecule has 2 aliphatic heterocycles. The van der Waals surface area contributed by atoms with Gasteiger partial charge >= 0.3 is 0 Å². The quantitative estimate of drug-likeness (QED) is 0.422. The summed E-state index contributed by atoms with van der Waals surface area (Å²) >= 11 is 0. The molecule has 8 heteroatoms. The first kappa shape index (κ1) is 20.2. The van der Waals surface area contributed by atoms with E-state index in [0.29, 0.717) is 31.9 Å². The number of ether oxygens (including phenoxy) is 1. The normalized spacial score (nSPS) is 19.9. The van der Waals surface area contributed by atoms with Crippen molar-refractivity contribution in [3.05, 3.63) is 29.8 Å². The number of aliphatic imine (C=N–C) groups is 1. The SMILES string of the molecule is CN=C(NCC1(C)COC1)N1CCN(c2cc(F)ccc2F)CC1.I. The smallest absolute Gasteiger partial charge is 0.193 e. The second-order valence-corrected chi connectivity index (χ2v) is 6.77. The van der Waals surface area contributed by atoms with E-state index in [-0.39, 0.29) is 35.2 Å². The molecule has 0 spiro atoms. The van der Waals surface area contributed by atoms with Crippen molar-refractivity contribution >= 4 is 35.6 Å². The highest BCUT2D eigenvalue weighted by Crippen LogP contribution is 2.25. The number of piperazine rings is 1. The van der Waals surface area contributed by atoms with E-state index in [1.807, 2.05) is 4.90 Å². The third-order valence-corrected chi connectivity index (χ3v) is 4.61. The van der Waals surface area contributed by atoms with Crippen LogP contribution in [0.25, 0.3) is 0 Å². The van der Waals surface area contributed by atoms with Crippen molar-refractivity contribution in [2.45, 2.75) is 6.92 Å². The zero-order valence-electron chi connectivity index (χ0n) is 14.6. The van der Waals surface area contributed by atoms with Crippen molar-refractivity contribution in [2.75, 3.05) is 57.9 Å². The van der Waals surface area contributed by atoms with Gasteiger partial charge in [0.1, 0.15) is 11.6 Å². The maximum atomic E-state index is 13.9. The number of hydrogen-bond donors (Lipinski definition) is 1.